The molecule has 2 fully saturated rings. The van der Waals surface area contributed by atoms with Crippen molar-refractivity contribution in [1.29, 1.82) is 0 Å². The number of furan rings is 1. The SMILES string of the molecule is COc1cc([N+](=O)[O-])ccc1-c1ccc(/C=N\NC(=O)[C@@H]2[C@H]3CCCC[C@@]32C)o1. The first-order valence-corrected chi connectivity index (χ1v) is 9.69. The van der Waals surface area contributed by atoms with Gasteiger partial charge in [0.1, 0.15) is 17.3 Å². The van der Waals surface area contributed by atoms with E-state index in [0.29, 0.717) is 28.8 Å². The first-order chi connectivity index (χ1) is 13.9. The first-order valence-electron chi connectivity index (χ1n) is 9.69. The minimum Gasteiger partial charge on any atom is -0.496 e. The van der Waals surface area contributed by atoms with E-state index < -0.39 is 4.92 Å². The summed E-state index contributed by atoms with van der Waals surface area (Å²) in [5.74, 6) is 1.80. The van der Waals surface area contributed by atoms with Gasteiger partial charge in [-0.1, -0.05) is 19.8 Å². The summed E-state index contributed by atoms with van der Waals surface area (Å²) < 4.78 is 11.0. The maximum atomic E-state index is 12.4. The lowest BCUT2D eigenvalue weighted by atomic mass is 9.90. The van der Waals surface area contributed by atoms with E-state index in [9.17, 15) is 14.9 Å². The normalized spacial score (nSPS) is 25.4. The Morgan fingerprint density at radius 1 is 1.38 bits per heavy atom. The third-order valence-electron chi connectivity index (χ3n) is 6.27. The highest BCUT2D eigenvalue weighted by molar-refractivity contribution is 5.85. The van der Waals surface area contributed by atoms with Gasteiger partial charge in [-0.05, 0) is 42.4 Å². The standard InChI is InChI=1S/C21H23N3O5/c1-21-10-4-3-5-16(21)19(21)20(25)23-22-12-14-7-9-17(29-14)15-8-6-13(24(26)27)11-18(15)28-2/h6-9,11-12,16,19H,3-5,10H2,1-2H3,(H,23,25)/b22-12-/t16-,19+,21+/m1/s1. The Bertz CT molecular complexity index is 982. The molecule has 8 heteroatoms. The van der Waals surface area contributed by atoms with Crippen molar-refractivity contribution in [1.82, 2.24) is 5.43 Å². The zero-order chi connectivity index (χ0) is 20.6. The van der Waals surface area contributed by atoms with Crippen LogP contribution >= 0.6 is 0 Å². The van der Waals surface area contributed by atoms with Gasteiger partial charge in [-0.2, -0.15) is 5.10 Å². The number of hydrogen-bond acceptors (Lipinski definition) is 6. The van der Waals surface area contributed by atoms with Crippen molar-refractivity contribution in [3.05, 3.63) is 46.2 Å². The summed E-state index contributed by atoms with van der Waals surface area (Å²) in [6, 6.07) is 7.76. The number of nitro groups is 1. The average molecular weight is 397 g/mol. The number of nitro benzene ring substituents is 1. The smallest absolute Gasteiger partial charge is 0.273 e. The summed E-state index contributed by atoms with van der Waals surface area (Å²) in [5, 5.41) is 15.0. The Morgan fingerprint density at radius 2 is 2.21 bits per heavy atom. The van der Waals surface area contributed by atoms with Crippen molar-refractivity contribution in [3.8, 4) is 17.1 Å². The predicted octanol–water partition coefficient (Wildman–Crippen LogP) is 4.14. The molecular formula is C21H23N3O5. The number of nitrogens with zero attached hydrogens (tertiary/aromatic N) is 2. The molecule has 0 unspecified atom stereocenters. The highest BCUT2D eigenvalue weighted by atomic mass is 16.6. The van der Waals surface area contributed by atoms with Crippen LogP contribution in [0.3, 0.4) is 0 Å². The second-order valence-electron chi connectivity index (χ2n) is 7.91. The van der Waals surface area contributed by atoms with Gasteiger partial charge in [0, 0.05) is 12.0 Å². The Labute approximate surface area is 168 Å². The maximum Gasteiger partial charge on any atom is 0.273 e. The fourth-order valence-corrected chi connectivity index (χ4v) is 4.64. The summed E-state index contributed by atoms with van der Waals surface area (Å²) >= 11 is 0. The average Bonchev–Trinajstić information content (AvgIpc) is 3.08. The van der Waals surface area contributed by atoms with Crippen LogP contribution in [-0.4, -0.2) is 24.2 Å². The molecule has 2 aliphatic carbocycles. The van der Waals surface area contributed by atoms with Crippen LogP contribution in [0.5, 0.6) is 5.75 Å². The summed E-state index contributed by atoms with van der Waals surface area (Å²) in [7, 11) is 1.44. The molecule has 0 spiro atoms. The zero-order valence-electron chi connectivity index (χ0n) is 16.4. The number of non-ortho nitro benzene ring substituents is 1. The molecule has 152 valence electrons. The number of carbonyl (C=O) groups is 1. The summed E-state index contributed by atoms with van der Waals surface area (Å²) in [4.78, 5) is 22.9. The monoisotopic (exact) mass is 397 g/mol. The number of nitrogens with one attached hydrogen (secondary N) is 1. The molecular weight excluding hydrogens is 374 g/mol. The van der Waals surface area contributed by atoms with Crippen LogP contribution in [0.15, 0.2) is 39.9 Å². The zero-order valence-corrected chi connectivity index (χ0v) is 16.4. The highest BCUT2D eigenvalue weighted by Gasteiger charge is 2.64. The van der Waals surface area contributed by atoms with Gasteiger partial charge in [-0.15, -0.1) is 0 Å². The lowest BCUT2D eigenvalue weighted by molar-refractivity contribution is -0.384. The molecule has 2 aromatic rings. The molecule has 1 aromatic carbocycles. The molecule has 29 heavy (non-hydrogen) atoms. The molecule has 1 amide bonds. The molecule has 1 heterocycles. The molecule has 1 aromatic heterocycles. The third kappa shape index (κ3) is 3.50. The fourth-order valence-electron chi connectivity index (χ4n) is 4.64. The summed E-state index contributed by atoms with van der Waals surface area (Å²) in [6.45, 7) is 2.20. The van der Waals surface area contributed by atoms with Crippen molar-refractivity contribution in [2.45, 2.75) is 32.6 Å². The first kappa shape index (κ1) is 19.2. The van der Waals surface area contributed by atoms with E-state index in [1.165, 1.54) is 38.3 Å². The number of hydrogen-bond donors (Lipinski definition) is 1. The summed E-state index contributed by atoms with van der Waals surface area (Å²) in [6.07, 6.45) is 6.08. The van der Waals surface area contributed by atoms with Crippen molar-refractivity contribution < 1.29 is 18.9 Å². The summed E-state index contributed by atoms with van der Waals surface area (Å²) in [5.41, 5.74) is 3.31. The molecule has 2 aliphatic rings. The van der Waals surface area contributed by atoms with Gasteiger partial charge in [0.2, 0.25) is 5.91 Å². The predicted molar refractivity (Wildman–Crippen MR) is 107 cm³/mol. The maximum absolute atomic E-state index is 12.4. The minimum absolute atomic E-state index is 0.0283. The van der Waals surface area contributed by atoms with Crippen molar-refractivity contribution >= 4 is 17.8 Å². The molecule has 2 saturated carbocycles. The van der Waals surface area contributed by atoms with Gasteiger partial charge in [0.15, 0.2) is 0 Å². The Hall–Kier alpha value is -3.16. The number of rotatable bonds is 6. The number of carbonyl (C=O) groups excluding carboxylic acids is 1. The molecule has 0 aliphatic heterocycles. The quantitative estimate of drug-likeness (QED) is 0.448. The highest BCUT2D eigenvalue weighted by Crippen LogP contribution is 2.66. The van der Waals surface area contributed by atoms with E-state index in [1.807, 2.05) is 0 Å². The number of fused-ring (bicyclic) bond motifs is 1. The molecule has 4 rings (SSSR count). The largest absolute Gasteiger partial charge is 0.496 e. The number of amides is 1. The van der Waals surface area contributed by atoms with Gasteiger partial charge in [0.05, 0.1) is 29.9 Å². The molecule has 1 N–H and O–H groups in total. The van der Waals surface area contributed by atoms with E-state index >= 15 is 0 Å². The third-order valence-corrected chi connectivity index (χ3v) is 6.27. The van der Waals surface area contributed by atoms with Crippen LogP contribution in [0.1, 0.15) is 38.4 Å². The lowest BCUT2D eigenvalue weighted by Gasteiger charge is -2.15. The van der Waals surface area contributed by atoms with Crippen molar-refractivity contribution in [2.24, 2.45) is 22.4 Å². The van der Waals surface area contributed by atoms with Gasteiger partial charge in [-0.25, -0.2) is 5.43 Å². The Balaban J connectivity index is 1.42. The minimum atomic E-state index is -0.481. The number of ether oxygens (including phenoxy) is 1. The fraction of sp³-hybridized carbons (Fsp3) is 0.429. The van der Waals surface area contributed by atoms with Crippen LogP contribution in [0.2, 0.25) is 0 Å². The lowest BCUT2D eigenvalue weighted by Crippen LogP contribution is -2.22. The molecule has 8 nitrogen and oxygen atoms in total. The number of hydrazone groups is 1. The number of benzene rings is 1. The van der Waals surface area contributed by atoms with Crippen LogP contribution in [0.4, 0.5) is 5.69 Å². The van der Waals surface area contributed by atoms with E-state index in [1.54, 1.807) is 18.2 Å². The molecule has 3 atom stereocenters. The van der Waals surface area contributed by atoms with Gasteiger partial charge >= 0.3 is 0 Å². The molecule has 0 saturated heterocycles. The van der Waals surface area contributed by atoms with Crippen LogP contribution in [-0.2, 0) is 4.79 Å². The van der Waals surface area contributed by atoms with E-state index in [4.69, 9.17) is 9.15 Å². The molecule has 0 bridgehead atoms. The van der Waals surface area contributed by atoms with E-state index in [0.717, 1.165) is 12.8 Å². The van der Waals surface area contributed by atoms with Gasteiger partial charge in [-0.3, -0.25) is 14.9 Å². The second kappa shape index (κ2) is 7.35. The van der Waals surface area contributed by atoms with Gasteiger partial charge in [0.25, 0.3) is 5.69 Å². The molecule has 0 radical (unpaired) electrons. The van der Waals surface area contributed by atoms with Gasteiger partial charge < -0.3 is 9.15 Å². The van der Waals surface area contributed by atoms with E-state index in [-0.39, 0.29) is 22.9 Å². The van der Waals surface area contributed by atoms with Crippen molar-refractivity contribution in [3.63, 3.8) is 0 Å². The van der Waals surface area contributed by atoms with Crippen LogP contribution in [0, 0.1) is 27.4 Å². The second-order valence-corrected chi connectivity index (χ2v) is 7.91. The van der Waals surface area contributed by atoms with Crippen LogP contribution < -0.4 is 10.2 Å². The topological polar surface area (TPSA) is 107 Å². The Morgan fingerprint density at radius 3 is 2.90 bits per heavy atom. The van der Waals surface area contributed by atoms with E-state index in [2.05, 4.69) is 17.5 Å². The Kier molecular flexibility index (Phi) is 4.86. The van der Waals surface area contributed by atoms with Crippen molar-refractivity contribution in [2.75, 3.05) is 7.11 Å². The number of methoxy groups -OCH3 is 1. The van der Waals surface area contributed by atoms with Crippen LogP contribution in [0.25, 0.3) is 11.3 Å².